The highest BCUT2D eigenvalue weighted by atomic mass is 31.2. The van der Waals surface area contributed by atoms with E-state index < -0.39 is 27.0 Å². The lowest BCUT2D eigenvalue weighted by Gasteiger charge is -2.28. The summed E-state index contributed by atoms with van der Waals surface area (Å²) < 4.78 is 44.8. The van der Waals surface area contributed by atoms with Crippen LogP contribution in [0.15, 0.2) is 24.3 Å². The molecule has 8 nitrogen and oxygen atoms in total. The first-order chi connectivity index (χ1) is 22.0. The summed E-state index contributed by atoms with van der Waals surface area (Å²) in [5.41, 5.74) is 0.395. The van der Waals surface area contributed by atoms with E-state index in [0.29, 0.717) is 19.0 Å². The van der Waals surface area contributed by atoms with Crippen LogP contribution in [0.5, 0.6) is 5.75 Å². The van der Waals surface area contributed by atoms with Gasteiger partial charge in [-0.2, -0.15) is 0 Å². The van der Waals surface area contributed by atoms with Crippen molar-refractivity contribution in [2.75, 3.05) is 19.8 Å². The Morgan fingerprint density at radius 2 is 1.28 bits per heavy atom. The van der Waals surface area contributed by atoms with Crippen LogP contribution in [0.3, 0.4) is 0 Å². The molecule has 0 bridgehead atoms. The van der Waals surface area contributed by atoms with Gasteiger partial charge in [0, 0.05) is 12.2 Å². The molecule has 0 saturated heterocycles. The van der Waals surface area contributed by atoms with E-state index in [4.69, 9.17) is 18.3 Å². The molecular formula is C36H70O8P2. The van der Waals surface area contributed by atoms with Crippen LogP contribution in [-0.2, 0) is 29.5 Å². The molecule has 0 radical (unpaired) electrons. The van der Waals surface area contributed by atoms with Crippen molar-refractivity contribution in [1.82, 2.24) is 0 Å². The van der Waals surface area contributed by atoms with Crippen molar-refractivity contribution >= 4 is 15.2 Å². The molecule has 0 fully saturated rings. The molecule has 2 unspecified atom stereocenters. The van der Waals surface area contributed by atoms with Crippen LogP contribution >= 0.6 is 15.2 Å². The third-order valence-electron chi connectivity index (χ3n) is 7.79. The number of fused-ring (bicyclic) bond motifs is 1. The van der Waals surface area contributed by atoms with E-state index in [1.54, 1.807) is 13.8 Å². The minimum Gasteiger partial charge on any atom is -0.424 e. The first-order valence-corrected chi connectivity index (χ1v) is 21.5. The Bertz CT molecular complexity index is 940. The maximum Gasteiger partial charge on any atom is 0.382 e. The molecule has 1 aromatic carbocycles. The van der Waals surface area contributed by atoms with Gasteiger partial charge in [0.2, 0.25) is 0 Å². The highest BCUT2D eigenvalue weighted by Crippen LogP contribution is 2.56. The molecule has 0 saturated carbocycles. The molecule has 3 atom stereocenters. The van der Waals surface area contributed by atoms with E-state index in [9.17, 15) is 19.1 Å². The minimum absolute atomic E-state index is 0.101. The Labute approximate surface area is 282 Å². The monoisotopic (exact) mass is 692 g/mol. The lowest BCUT2D eigenvalue weighted by molar-refractivity contribution is 0.00853. The first-order valence-electron chi connectivity index (χ1n) is 18.3. The van der Waals surface area contributed by atoms with Gasteiger partial charge in [-0.25, -0.2) is 4.57 Å². The van der Waals surface area contributed by atoms with E-state index in [-0.39, 0.29) is 18.9 Å². The zero-order valence-electron chi connectivity index (χ0n) is 30.4. The Balaban J connectivity index is 0.00000104. The van der Waals surface area contributed by atoms with Gasteiger partial charge in [-0.05, 0) is 12.5 Å². The van der Waals surface area contributed by atoms with Crippen molar-refractivity contribution in [2.24, 2.45) is 0 Å². The Morgan fingerprint density at radius 3 is 1.76 bits per heavy atom. The summed E-state index contributed by atoms with van der Waals surface area (Å²) >= 11 is 0. The summed E-state index contributed by atoms with van der Waals surface area (Å²) in [6.07, 6.45) is 20.6. The predicted molar refractivity (Wildman–Crippen MR) is 193 cm³/mol. The van der Waals surface area contributed by atoms with Crippen molar-refractivity contribution in [3.8, 4) is 5.75 Å². The van der Waals surface area contributed by atoms with Crippen LogP contribution in [0.25, 0.3) is 0 Å². The van der Waals surface area contributed by atoms with Crippen LogP contribution < -0.4 is 4.52 Å². The largest absolute Gasteiger partial charge is 0.424 e. The third-order valence-corrected chi connectivity index (χ3v) is 11.8. The van der Waals surface area contributed by atoms with Crippen molar-refractivity contribution in [3.63, 3.8) is 0 Å². The van der Waals surface area contributed by atoms with E-state index in [0.717, 1.165) is 18.4 Å². The fraction of sp³-hybridized carbons (Fsp3) is 0.833. The fourth-order valence-corrected chi connectivity index (χ4v) is 6.67. The summed E-state index contributed by atoms with van der Waals surface area (Å²) in [4.78, 5) is 9.55. The molecule has 2 rings (SSSR count). The lowest BCUT2D eigenvalue weighted by Crippen LogP contribution is -2.22. The van der Waals surface area contributed by atoms with Crippen molar-refractivity contribution in [2.45, 2.75) is 175 Å². The summed E-state index contributed by atoms with van der Waals surface area (Å²) in [6.45, 7) is 14.2. The fourth-order valence-electron chi connectivity index (χ4n) is 4.65. The number of ether oxygens (including phenoxy) is 1. The molecule has 1 heterocycles. The van der Waals surface area contributed by atoms with Crippen LogP contribution in [0.4, 0.5) is 0 Å². The zero-order chi connectivity index (χ0) is 34.7. The van der Waals surface area contributed by atoms with Gasteiger partial charge in [-0.3, -0.25) is 9.09 Å². The molecule has 0 amide bonds. The van der Waals surface area contributed by atoms with E-state index in [1.165, 1.54) is 89.9 Å². The molecule has 272 valence electrons. The van der Waals surface area contributed by atoms with Gasteiger partial charge >= 0.3 is 15.2 Å². The maximum absolute atomic E-state index is 12.1. The topological polar surface area (TPSA) is 112 Å². The zero-order valence-corrected chi connectivity index (χ0v) is 32.2. The van der Waals surface area contributed by atoms with Gasteiger partial charge in [0.1, 0.15) is 11.9 Å². The standard InChI is InChI=1S/C24H51O5P.C10H13O3P.C2H6/c1-4-5-6-7-8-9-10-11-12-13-14-15-16-17-18-19-20-28-21-24(25)22-29-30(26,27)23(2)3;1-8(2)14(11)12-7-9-5-3-4-6-10(9)13-14;1-2/h23-25H,4-22H2,1-3H3,(H,26,27);3-6,8H,7H2,1-2H3;1-2H3/t24-;;/m1../s1. The molecule has 46 heavy (non-hydrogen) atoms. The van der Waals surface area contributed by atoms with Crippen LogP contribution in [0, 0.1) is 0 Å². The van der Waals surface area contributed by atoms with E-state index in [1.807, 2.05) is 52.0 Å². The summed E-state index contributed by atoms with van der Waals surface area (Å²) in [5, 5.41) is 9.75. The van der Waals surface area contributed by atoms with Gasteiger partial charge in [-0.1, -0.05) is 163 Å². The number of benzene rings is 1. The number of para-hydroxylation sites is 1. The maximum atomic E-state index is 12.1. The Hall–Kier alpha value is -0.720. The number of unbranched alkanes of at least 4 members (excludes halogenated alkanes) is 15. The average Bonchev–Trinajstić information content (AvgIpc) is 3.04. The molecule has 0 aliphatic carbocycles. The molecule has 1 aromatic rings. The second-order valence-corrected chi connectivity index (χ2v) is 17.6. The Morgan fingerprint density at radius 1 is 0.804 bits per heavy atom. The second-order valence-electron chi connectivity index (χ2n) is 12.6. The normalized spacial score (nSPS) is 17.6. The van der Waals surface area contributed by atoms with Gasteiger partial charge in [0.05, 0.1) is 31.1 Å². The van der Waals surface area contributed by atoms with Crippen LogP contribution in [0.1, 0.15) is 157 Å². The number of hydrogen-bond donors (Lipinski definition) is 2. The molecular weight excluding hydrogens is 622 g/mol. The molecule has 1 aliphatic rings. The molecule has 10 heteroatoms. The second kappa shape index (κ2) is 28.2. The van der Waals surface area contributed by atoms with Crippen LogP contribution in [-0.4, -0.2) is 47.2 Å². The number of aliphatic hydroxyl groups excluding tert-OH is 1. The van der Waals surface area contributed by atoms with Gasteiger partial charge in [0.15, 0.2) is 0 Å². The van der Waals surface area contributed by atoms with Gasteiger partial charge < -0.3 is 23.8 Å². The van der Waals surface area contributed by atoms with Crippen LogP contribution in [0.2, 0.25) is 0 Å². The van der Waals surface area contributed by atoms with Crippen molar-refractivity contribution in [3.05, 3.63) is 29.8 Å². The quantitative estimate of drug-likeness (QED) is 0.0813. The highest BCUT2D eigenvalue weighted by molar-refractivity contribution is 7.55. The summed E-state index contributed by atoms with van der Waals surface area (Å²) in [5.74, 6) is 0.691. The Kier molecular flexibility index (Phi) is 27.7. The lowest BCUT2D eigenvalue weighted by atomic mass is 10.0. The number of rotatable bonds is 24. The minimum atomic E-state index is -3.61. The van der Waals surface area contributed by atoms with Gasteiger partial charge in [-0.15, -0.1) is 0 Å². The number of hydrogen-bond acceptors (Lipinski definition) is 7. The first kappa shape index (κ1) is 45.3. The molecule has 1 aliphatic heterocycles. The molecule has 0 spiro atoms. The molecule has 0 aromatic heterocycles. The highest BCUT2D eigenvalue weighted by Gasteiger charge is 2.35. The average molecular weight is 693 g/mol. The van der Waals surface area contributed by atoms with Crippen molar-refractivity contribution < 1.29 is 37.4 Å². The SMILES string of the molecule is CC.CC(C)P1(=O)OCc2ccccc2O1.CCCCCCCCCCCCCCCCCCOC[C@@H](O)COP(=O)(O)C(C)C. The number of aliphatic hydroxyl groups is 1. The summed E-state index contributed by atoms with van der Waals surface area (Å²) in [7, 11) is -6.53. The predicted octanol–water partition coefficient (Wildman–Crippen LogP) is 11.5. The smallest absolute Gasteiger partial charge is 0.382 e. The molecule has 2 N–H and O–H groups in total. The van der Waals surface area contributed by atoms with Crippen molar-refractivity contribution in [1.29, 1.82) is 0 Å². The van der Waals surface area contributed by atoms with Gasteiger partial charge in [0.25, 0.3) is 0 Å². The van der Waals surface area contributed by atoms with E-state index >= 15 is 0 Å². The van der Waals surface area contributed by atoms with E-state index in [2.05, 4.69) is 6.92 Å². The third kappa shape index (κ3) is 22.0. The summed E-state index contributed by atoms with van der Waals surface area (Å²) in [6, 6.07) is 7.53.